The van der Waals surface area contributed by atoms with Gasteiger partial charge in [-0.15, -0.1) is 0 Å². The number of rotatable bonds is 1. The van der Waals surface area contributed by atoms with Crippen molar-refractivity contribution in [3.8, 4) is 0 Å². The molecule has 0 aliphatic carbocycles. The predicted molar refractivity (Wildman–Crippen MR) is 44.3 cm³/mol. The molecule has 0 bridgehead atoms. The summed E-state index contributed by atoms with van der Waals surface area (Å²) in [6.45, 7) is 0. The molecule has 78 valence electrons. The van der Waals surface area contributed by atoms with Crippen LogP contribution in [0.5, 0.6) is 0 Å². The average Bonchev–Trinajstić information content (AvgIpc) is 2.57. The number of pyridine rings is 1. The van der Waals surface area contributed by atoms with Crippen LogP contribution in [-0.2, 0) is 6.18 Å². The highest BCUT2D eigenvalue weighted by molar-refractivity contribution is 5.79. The largest absolute Gasteiger partial charge is 0.417 e. The van der Waals surface area contributed by atoms with Crippen molar-refractivity contribution < 1.29 is 18.0 Å². The first-order chi connectivity index (χ1) is 7.00. The summed E-state index contributed by atoms with van der Waals surface area (Å²) in [7, 11) is 0. The number of aldehydes is 1. The molecule has 0 spiro atoms. The zero-order chi connectivity index (χ0) is 11.1. The summed E-state index contributed by atoms with van der Waals surface area (Å²) < 4.78 is 36.8. The maximum Gasteiger partial charge on any atom is 0.417 e. The number of alkyl halides is 3. The highest BCUT2D eigenvalue weighted by atomic mass is 19.4. The van der Waals surface area contributed by atoms with E-state index in [2.05, 4.69) is 15.0 Å². The molecule has 0 atom stereocenters. The first-order valence-electron chi connectivity index (χ1n) is 3.89. The van der Waals surface area contributed by atoms with Crippen LogP contribution in [0.15, 0.2) is 12.3 Å². The number of halogens is 3. The molecule has 2 rings (SSSR count). The number of nitrogens with one attached hydrogen (secondary N) is 1. The highest BCUT2D eigenvalue weighted by Crippen LogP contribution is 2.29. The minimum absolute atomic E-state index is 0.0446. The van der Waals surface area contributed by atoms with E-state index < -0.39 is 11.7 Å². The Balaban J connectivity index is 2.60. The van der Waals surface area contributed by atoms with E-state index in [-0.39, 0.29) is 17.0 Å². The Bertz CT molecular complexity index is 517. The number of H-pyrrole nitrogens is 1. The molecular formula is C8H4F3N3O. The molecule has 4 nitrogen and oxygen atoms in total. The number of nitrogens with zero attached hydrogens (tertiary/aromatic N) is 2. The molecule has 0 aliphatic rings. The second-order valence-electron chi connectivity index (χ2n) is 2.83. The van der Waals surface area contributed by atoms with Crippen molar-refractivity contribution in [3.63, 3.8) is 0 Å². The van der Waals surface area contributed by atoms with Crippen LogP contribution >= 0.6 is 0 Å². The van der Waals surface area contributed by atoms with Gasteiger partial charge >= 0.3 is 6.18 Å². The maximum atomic E-state index is 12.3. The highest BCUT2D eigenvalue weighted by Gasteiger charge is 2.31. The van der Waals surface area contributed by atoms with Gasteiger partial charge in [-0.3, -0.25) is 4.79 Å². The number of carbonyl (C=O) groups excluding carboxylic acids is 1. The summed E-state index contributed by atoms with van der Waals surface area (Å²) in [5, 5.41) is 0. The van der Waals surface area contributed by atoms with Gasteiger partial charge in [-0.2, -0.15) is 13.2 Å². The molecule has 0 radical (unpaired) electrons. The van der Waals surface area contributed by atoms with Gasteiger partial charge in [0.15, 0.2) is 17.8 Å². The summed E-state index contributed by atoms with van der Waals surface area (Å²) >= 11 is 0. The van der Waals surface area contributed by atoms with Crippen LogP contribution in [-0.4, -0.2) is 21.2 Å². The van der Waals surface area contributed by atoms with Crippen LogP contribution in [0.1, 0.15) is 16.2 Å². The zero-order valence-electron chi connectivity index (χ0n) is 7.17. The summed E-state index contributed by atoms with van der Waals surface area (Å²) in [6, 6.07) is 0.863. The van der Waals surface area contributed by atoms with Gasteiger partial charge in [0.05, 0.1) is 11.1 Å². The topological polar surface area (TPSA) is 58.6 Å². The van der Waals surface area contributed by atoms with E-state index >= 15 is 0 Å². The van der Waals surface area contributed by atoms with Gasteiger partial charge in [0, 0.05) is 6.20 Å². The molecule has 0 amide bonds. The molecule has 2 heterocycles. The second-order valence-corrected chi connectivity index (χ2v) is 2.83. The van der Waals surface area contributed by atoms with Gasteiger partial charge < -0.3 is 4.98 Å². The summed E-state index contributed by atoms with van der Waals surface area (Å²) in [5.41, 5.74) is -0.701. The summed E-state index contributed by atoms with van der Waals surface area (Å²) in [5.74, 6) is -0.0446. The molecule has 2 aromatic heterocycles. The van der Waals surface area contributed by atoms with Gasteiger partial charge in [0.1, 0.15) is 0 Å². The van der Waals surface area contributed by atoms with Crippen LogP contribution in [0.2, 0.25) is 0 Å². The smallest absolute Gasteiger partial charge is 0.334 e. The molecular weight excluding hydrogens is 211 g/mol. The van der Waals surface area contributed by atoms with Gasteiger partial charge in [-0.05, 0) is 6.07 Å². The molecule has 0 saturated heterocycles. The van der Waals surface area contributed by atoms with E-state index in [1.807, 2.05) is 0 Å². The second kappa shape index (κ2) is 3.04. The quantitative estimate of drug-likeness (QED) is 0.737. The van der Waals surface area contributed by atoms with Crippen LogP contribution < -0.4 is 0 Å². The van der Waals surface area contributed by atoms with E-state index in [9.17, 15) is 18.0 Å². The Morgan fingerprint density at radius 2 is 2.13 bits per heavy atom. The molecule has 2 aromatic rings. The SMILES string of the molecule is O=Cc1nc2ncc(C(F)(F)F)cc2[nH]1. The predicted octanol–water partition coefficient (Wildman–Crippen LogP) is 1.79. The van der Waals surface area contributed by atoms with E-state index in [1.165, 1.54) is 0 Å². The Hall–Kier alpha value is -1.92. The van der Waals surface area contributed by atoms with Crippen LogP contribution in [0.25, 0.3) is 11.2 Å². The van der Waals surface area contributed by atoms with Gasteiger partial charge in [-0.1, -0.05) is 0 Å². The van der Waals surface area contributed by atoms with E-state index in [0.29, 0.717) is 12.5 Å². The molecule has 7 heteroatoms. The first kappa shape index (κ1) is 9.63. The van der Waals surface area contributed by atoms with E-state index in [4.69, 9.17) is 0 Å². The van der Waals surface area contributed by atoms with E-state index in [1.54, 1.807) is 0 Å². The van der Waals surface area contributed by atoms with Crippen molar-refractivity contribution in [2.45, 2.75) is 6.18 Å². The van der Waals surface area contributed by atoms with Crippen molar-refractivity contribution in [1.82, 2.24) is 15.0 Å². The van der Waals surface area contributed by atoms with Crippen LogP contribution in [0, 0.1) is 0 Å². The monoisotopic (exact) mass is 215 g/mol. The molecule has 0 fully saturated rings. The lowest BCUT2D eigenvalue weighted by Gasteiger charge is -2.04. The number of carbonyl (C=O) groups is 1. The zero-order valence-corrected chi connectivity index (χ0v) is 7.17. The van der Waals surface area contributed by atoms with Crippen molar-refractivity contribution >= 4 is 17.5 Å². The molecule has 0 unspecified atom stereocenters. The number of aromatic amines is 1. The lowest BCUT2D eigenvalue weighted by atomic mass is 10.2. The minimum Gasteiger partial charge on any atom is -0.334 e. The number of aromatic nitrogens is 3. The lowest BCUT2D eigenvalue weighted by molar-refractivity contribution is -0.137. The van der Waals surface area contributed by atoms with Crippen molar-refractivity contribution in [1.29, 1.82) is 0 Å². The molecule has 15 heavy (non-hydrogen) atoms. The third-order valence-electron chi connectivity index (χ3n) is 1.79. The number of imidazole rings is 1. The van der Waals surface area contributed by atoms with Crippen molar-refractivity contribution in [2.24, 2.45) is 0 Å². The number of hydrogen-bond donors (Lipinski definition) is 1. The maximum absolute atomic E-state index is 12.3. The molecule has 0 aromatic carbocycles. The fourth-order valence-electron chi connectivity index (χ4n) is 1.13. The Labute approximate surface area is 81.1 Å². The Morgan fingerprint density at radius 1 is 1.40 bits per heavy atom. The fourth-order valence-corrected chi connectivity index (χ4v) is 1.13. The standard InChI is InChI=1S/C8H4F3N3O/c9-8(10,11)4-1-5-7(12-2-4)14-6(3-15)13-5/h1-3H,(H,12,13,14). The van der Waals surface area contributed by atoms with Gasteiger partial charge in [-0.25, -0.2) is 9.97 Å². The molecule has 0 aliphatic heterocycles. The number of hydrogen-bond acceptors (Lipinski definition) is 3. The lowest BCUT2D eigenvalue weighted by Crippen LogP contribution is -2.05. The first-order valence-corrected chi connectivity index (χ1v) is 3.89. The third kappa shape index (κ3) is 1.67. The summed E-state index contributed by atoms with van der Waals surface area (Å²) in [4.78, 5) is 19.9. The van der Waals surface area contributed by atoms with Gasteiger partial charge in [0.25, 0.3) is 0 Å². The Kier molecular flexibility index (Phi) is 1.95. The summed E-state index contributed by atoms with van der Waals surface area (Å²) in [6.07, 6.45) is -3.36. The average molecular weight is 215 g/mol. The van der Waals surface area contributed by atoms with Crippen molar-refractivity contribution in [3.05, 3.63) is 23.7 Å². The fraction of sp³-hybridized carbons (Fsp3) is 0.125. The van der Waals surface area contributed by atoms with Crippen LogP contribution in [0.4, 0.5) is 13.2 Å². The number of fused-ring (bicyclic) bond motifs is 1. The molecule has 0 saturated carbocycles. The van der Waals surface area contributed by atoms with Crippen molar-refractivity contribution in [2.75, 3.05) is 0 Å². The Morgan fingerprint density at radius 3 is 2.73 bits per heavy atom. The van der Waals surface area contributed by atoms with Gasteiger partial charge in [0.2, 0.25) is 0 Å². The third-order valence-corrected chi connectivity index (χ3v) is 1.79. The molecule has 1 N–H and O–H groups in total. The van der Waals surface area contributed by atoms with Crippen LogP contribution in [0.3, 0.4) is 0 Å². The minimum atomic E-state index is -4.45. The normalized spacial score (nSPS) is 11.9. The van der Waals surface area contributed by atoms with E-state index in [0.717, 1.165) is 6.07 Å².